The lowest BCUT2D eigenvalue weighted by molar-refractivity contribution is -0.383. The highest BCUT2D eigenvalue weighted by Gasteiger charge is 2.35. The first-order valence-electron chi connectivity index (χ1n) is 5.98. The fourth-order valence-electron chi connectivity index (χ4n) is 2.48. The molecule has 4 N–H and O–H groups in total. The van der Waals surface area contributed by atoms with Crippen molar-refractivity contribution in [3.05, 3.63) is 62.7 Å². The number of benzene rings is 2. The number of hydrogen-bond acceptors (Lipinski definition) is 6. The van der Waals surface area contributed by atoms with Crippen LogP contribution in [-0.2, 0) is 0 Å². The minimum Gasteiger partial charge on any atom is -0.398 e. The van der Waals surface area contributed by atoms with Gasteiger partial charge in [-0.15, -0.1) is 0 Å². The molecule has 21 heavy (non-hydrogen) atoms. The molecular weight excluding hydrogens is 274 g/mol. The highest BCUT2D eigenvalue weighted by Crippen LogP contribution is 2.37. The first-order chi connectivity index (χ1) is 9.93. The Labute approximate surface area is 118 Å². The third kappa shape index (κ3) is 1.61. The van der Waals surface area contributed by atoms with E-state index in [0.29, 0.717) is 0 Å². The van der Waals surface area contributed by atoms with Gasteiger partial charge >= 0.3 is 0 Å². The number of nitrogen functional groups attached to an aromatic ring is 2. The summed E-state index contributed by atoms with van der Waals surface area (Å²) in [5.74, 6) is -0.993. The van der Waals surface area contributed by atoms with Crippen LogP contribution in [0.3, 0.4) is 0 Å². The number of nitro groups is 1. The highest BCUT2D eigenvalue weighted by molar-refractivity contribution is 6.32. The maximum absolute atomic E-state index is 12.5. The largest absolute Gasteiger partial charge is 0.398 e. The van der Waals surface area contributed by atoms with Crippen LogP contribution in [0.1, 0.15) is 31.8 Å². The molecule has 0 unspecified atom stereocenters. The van der Waals surface area contributed by atoms with Crippen molar-refractivity contribution < 1.29 is 14.5 Å². The lowest BCUT2D eigenvalue weighted by Crippen LogP contribution is -2.24. The lowest BCUT2D eigenvalue weighted by atomic mass is 9.82. The SMILES string of the molecule is Nc1cccc2c1C(=O)c1c(ccc([N+](=O)[O-])c1N)C2=O. The van der Waals surface area contributed by atoms with E-state index < -0.39 is 22.2 Å². The fourth-order valence-corrected chi connectivity index (χ4v) is 2.48. The van der Waals surface area contributed by atoms with Crippen LogP contribution in [0.4, 0.5) is 17.1 Å². The van der Waals surface area contributed by atoms with Crippen LogP contribution in [-0.4, -0.2) is 16.5 Å². The number of fused-ring (bicyclic) bond motifs is 2. The molecule has 2 aromatic rings. The first kappa shape index (κ1) is 12.8. The third-order valence-corrected chi connectivity index (χ3v) is 3.46. The van der Waals surface area contributed by atoms with Gasteiger partial charge in [-0.2, -0.15) is 0 Å². The number of hydrogen-bond donors (Lipinski definition) is 2. The van der Waals surface area contributed by atoms with Crippen molar-refractivity contribution in [2.45, 2.75) is 0 Å². The molecule has 0 fully saturated rings. The molecule has 1 aliphatic rings. The summed E-state index contributed by atoms with van der Waals surface area (Å²) >= 11 is 0. The zero-order valence-corrected chi connectivity index (χ0v) is 10.6. The summed E-state index contributed by atoms with van der Waals surface area (Å²) in [5, 5.41) is 10.9. The molecule has 104 valence electrons. The molecule has 0 saturated heterocycles. The van der Waals surface area contributed by atoms with E-state index in [9.17, 15) is 19.7 Å². The second-order valence-electron chi connectivity index (χ2n) is 4.61. The minimum absolute atomic E-state index is 0.0437. The maximum atomic E-state index is 12.5. The molecule has 3 rings (SSSR count). The number of rotatable bonds is 1. The van der Waals surface area contributed by atoms with E-state index in [4.69, 9.17) is 11.5 Å². The van der Waals surface area contributed by atoms with E-state index in [2.05, 4.69) is 0 Å². The Morgan fingerprint density at radius 1 is 0.905 bits per heavy atom. The van der Waals surface area contributed by atoms with Crippen molar-refractivity contribution in [3.8, 4) is 0 Å². The smallest absolute Gasteiger partial charge is 0.292 e. The number of nitrogens with zero attached hydrogens (tertiary/aromatic N) is 1. The summed E-state index contributed by atoms with van der Waals surface area (Å²) in [7, 11) is 0. The molecule has 7 nitrogen and oxygen atoms in total. The third-order valence-electron chi connectivity index (χ3n) is 3.46. The Bertz CT molecular complexity index is 842. The Balaban J connectivity index is 2.37. The summed E-state index contributed by atoms with van der Waals surface area (Å²) < 4.78 is 0. The fraction of sp³-hybridized carbons (Fsp3) is 0. The Morgan fingerprint density at radius 3 is 2.24 bits per heavy atom. The molecule has 0 amide bonds. The van der Waals surface area contributed by atoms with Crippen molar-refractivity contribution in [2.24, 2.45) is 0 Å². The summed E-state index contributed by atoms with van der Waals surface area (Å²) in [4.78, 5) is 35.2. The number of nitrogens with two attached hydrogens (primary N) is 2. The molecule has 0 saturated carbocycles. The van der Waals surface area contributed by atoms with Gasteiger partial charge in [0.1, 0.15) is 5.69 Å². The lowest BCUT2D eigenvalue weighted by Gasteiger charge is -2.19. The van der Waals surface area contributed by atoms with E-state index in [1.165, 1.54) is 18.2 Å². The number of nitro benzene ring substituents is 1. The van der Waals surface area contributed by atoms with Crippen LogP contribution < -0.4 is 11.5 Å². The van der Waals surface area contributed by atoms with Gasteiger partial charge in [0, 0.05) is 22.9 Å². The van der Waals surface area contributed by atoms with E-state index in [-0.39, 0.29) is 33.6 Å². The molecule has 0 bridgehead atoms. The van der Waals surface area contributed by atoms with Gasteiger partial charge in [-0.1, -0.05) is 12.1 Å². The number of carbonyl (C=O) groups is 2. The normalized spacial score (nSPS) is 12.8. The van der Waals surface area contributed by atoms with Gasteiger partial charge in [-0.3, -0.25) is 19.7 Å². The molecule has 0 atom stereocenters. The van der Waals surface area contributed by atoms with Crippen molar-refractivity contribution in [1.82, 2.24) is 0 Å². The second-order valence-corrected chi connectivity index (χ2v) is 4.61. The van der Waals surface area contributed by atoms with Crippen molar-refractivity contribution >= 4 is 28.6 Å². The predicted octanol–water partition coefficient (Wildman–Crippen LogP) is 1.53. The van der Waals surface area contributed by atoms with Gasteiger partial charge in [0.2, 0.25) is 0 Å². The summed E-state index contributed by atoms with van der Waals surface area (Å²) in [5.41, 5.74) is 11.0. The average molecular weight is 283 g/mol. The van der Waals surface area contributed by atoms with Crippen LogP contribution in [0.25, 0.3) is 0 Å². The van der Waals surface area contributed by atoms with Crippen molar-refractivity contribution in [2.75, 3.05) is 11.5 Å². The van der Waals surface area contributed by atoms with Gasteiger partial charge in [0.15, 0.2) is 11.6 Å². The number of anilines is 2. The molecule has 0 radical (unpaired) electrons. The molecule has 0 heterocycles. The van der Waals surface area contributed by atoms with Gasteiger partial charge in [0.05, 0.1) is 16.1 Å². The zero-order valence-electron chi connectivity index (χ0n) is 10.6. The molecule has 2 aromatic carbocycles. The number of carbonyl (C=O) groups excluding carboxylic acids is 2. The maximum Gasteiger partial charge on any atom is 0.292 e. The van der Waals surface area contributed by atoms with Gasteiger partial charge in [-0.05, 0) is 12.1 Å². The highest BCUT2D eigenvalue weighted by atomic mass is 16.6. The molecular formula is C14H9N3O4. The predicted molar refractivity (Wildman–Crippen MR) is 75.2 cm³/mol. The summed E-state index contributed by atoms with van der Waals surface area (Å²) in [6, 6.07) is 6.92. The Kier molecular flexibility index (Phi) is 2.52. The first-order valence-corrected chi connectivity index (χ1v) is 5.98. The van der Waals surface area contributed by atoms with E-state index in [0.717, 1.165) is 6.07 Å². The standard InChI is InChI=1S/C14H9N3O4/c15-8-3-1-2-6-10(8)14(19)11-7(13(6)18)4-5-9(12(11)16)17(20)21/h1-5H,15-16H2. The van der Waals surface area contributed by atoms with E-state index in [1.54, 1.807) is 6.07 Å². The van der Waals surface area contributed by atoms with Crippen LogP contribution in [0.15, 0.2) is 30.3 Å². The molecule has 7 heteroatoms. The molecule has 0 aliphatic heterocycles. The van der Waals surface area contributed by atoms with Crippen LogP contribution in [0.5, 0.6) is 0 Å². The van der Waals surface area contributed by atoms with Gasteiger partial charge in [0.25, 0.3) is 5.69 Å². The van der Waals surface area contributed by atoms with E-state index in [1.807, 2.05) is 0 Å². The van der Waals surface area contributed by atoms with Crippen LogP contribution in [0.2, 0.25) is 0 Å². The van der Waals surface area contributed by atoms with Crippen molar-refractivity contribution in [3.63, 3.8) is 0 Å². The Hall–Kier alpha value is -3.22. The van der Waals surface area contributed by atoms with Crippen LogP contribution >= 0.6 is 0 Å². The summed E-state index contributed by atoms with van der Waals surface area (Å²) in [6.07, 6.45) is 0. The van der Waals surface area contributed by atoms with Gasteiger partial charge < -0.3 is 11.5 Å². The molecule has 1 aliphatic carbocycles. The quantitative estimate of drug-likeness (QED) is 0.396. The number of ketones is 2. The zero-order chi connectivity index (χ0) is 15.3. The minimum atomic E-state index is -0.697. The monoisotopic (exact) mass is 283 g/mol. The van der Waals surface area contributed by atoms with E-state index >= 15 is 0 Å². The summed E-state index contributed by atoms with van der Waals surface area (Å²) in [6.45, 7) is 0. The molecule has 0 aromatic heterocycles. The van der Waals surface area contributed by atoms with Gasteiger partial charge in [-0.25, -0.2) is 0 Å². The molecule has 0 spiro atoms. The average Bonchev–Trinajstić information content (AvgIpc) is 2.43. The van der Waals surface area contributed by atoms with Crippen LogP contribution in [0, 0.1) is 10.1 Å². The topological polar surface area (TPSA) is 129 Å². The Morgan fingerprint density at radius 2 is 1.57 bits per heavy atom. The second kappa shape index (κ2) is 4.14. The van der Waals surface area contributed by atoms with Crippen molar-refractivity contribution in [1.29, 1.82) is 0 Å².